The molecule has 1 amide bonds. The number of thiazole rings is 1. The molecule has 0 unspecified atom stereocenters. The number of fused-ring (bicyclic) bond motifs is 1. The highest BCUT2D eigenvalue weighted by molar-refractivity contribution is 7.98. The Kier molecular flexibility index (Phi) is 6.37. The number of aryl methyl sites for hydroxylation is 1. The Hall–Kier alpha value is -2.78. The third kappa shape index (κ3) is 4.73. The van der Waals surface area contributed by atoms with Gasteiger partial charge in [-0.05, 0) is 36.1 Å². The van der Waals surface area contributed by atoms with E-state index in [9.17, 15) is 19.3 Å². The zero-order valence-electron chi connectivity index (χ0n) is 14.9. The van der Waals surface area contributed by atoms with Gasteiger partial charge in [0.15, 0.2) is 4.80 Å². The second-order valence-corrected chi connectivity index (χ2v) is 7.77. The summed E-state index contributed by atoms with van der Waals surface area (Å²) in [5.74, 6) is -0.000616. The molecule has 0 radical (unpaired) electrons. The minimum Gasteiger partial charge on any atom is -0.316 e. The second-order valence-electron chi connectivity index (χ2n) is 5.78. The summed E-state index contributed by atoms with van der Waals surface area (Å²) in [4.78, 5) is 27.3. The van der Waals surface area contributed by atoms with E-state index in [-0.39, 0.29) is 11.5 Å². The average molecular weight is 417 g/mol. The Labute approximate surface area is 168 Å². The molecule has 9 heteroatoms. The molecular weight excluding hydrogens is 401 g/mol. The van der Waals surface area contributed by atoms with Crippen LogP contribution in [0.2, 0.25) is 0 Å². The second kappa shape index (κ2) is 8.94. The van der Waals surface area contributed by atoms with E-state index < -0.39 is 10.8 Å². The Bertz CT molecular complexity index is 1130. The summed E-state index contributed by atoms with van der Waals surface area (Å²) in [6.07, 6.45) is 4.74. The lowest BCUT2D eigenvalue weighted by atomic mass is 10.2. The van der Waals surface area contributed by atoms with E-state index in [1.54, 1.807) is 30.0 Å². The first kappa shape index (κ1) is 20.0. The Morgan fingerprint density at radius 2 is 2.18 bits per heavy atom. The smallest absolute Gasteiger partial charge is 0.272 e. The highest BCUT2D eigenvalue weighted by Gasteiger charge is 2.08. The molecule has 0 bridgehead atoms. The highest BCUT2D eigenvalue weighted by Crippen LogP contribution is 2.19. The topological polar surface area (TPSA) is 77.5 Å². The lowest BCUT2D eigenvalue weighted by Gasteiger charge is -2.03. The van der Waals surface area contributed by atoms with Crippen LogP contribution in [0.4, 0.5) is 10.1 Å². The summed E-state index contributed by atoms with van der Waals surface area (Å²) in [5.41, 5.74) is 1.31. The molecule has 0 saturated carbocycles. The number of thioether (sulfide) groups is 1. The van der Waals surface area contributed by atoms with Crippen LogP contribution in [0.3, 0.4) is 0 Å². The standard InChI is InChI=1S/C19H16FN3O3S2/c1-27-10-9-22-16-7-6-14(20)12-17(16)28-19(22)21-18(24)8-5-13-3-2-4-15(11-13)23(25)26/h2-8,11-12H,9-10H2,1H3. The summed E-state index contributed by atoms with van der Waals surface area (Å²) < 4.78 is 16.1. The predicted octanol–water partition coefficient (Wildman–Crippen LogP) is 4.25. The molecule has 0 spiro atoms. The van der Waals surface area contributed by atoms with E-state index in [1.165, 1.54) is 47.8 Å². The van der Waals surface area contributed by atoms with Crippen LogP contribution in [0.15, 0.2) is 53.5 Å². The van der Waals surface area contributed by atoms with Gasteiger partial charge in [0.25, 0.3) is 11.6 Å². The molecule has 144 valence electrons. The first-order valence-electron chi connectivity index (χ1n) is 8.27. The summed E-state index contributed by atoms with van der Waals surface area (Å²) in [6.45, 7) is 0.646. The van der Waals surface area contributed by atoms with Gasteiger partial charge in [0, 0.05) is 30.5 Å². The molecule has 3 aromatic rings. The minimum absolute atomic E-state index is 0.0482. The normalized spacial score (nSPS) is 12.1. The van der Waals surface area contributed by atoms with Crippen molar-refractivity contribution in [1.82, 2.24) is 4.57 Å². The van der Waals surface area contributed by atoms with Gasteiger partial charge >= 0.3 is 0 Å². The molecule has 0 aliphatic carbocycles. The van der Waals surface area contributed by atoms with Gasteiger partial charge in [0.05, 0.1) is 15.1 Å². The number of carbonyl (C=O) groups excluding carboxylic acids is 1. The number of halogens is 1. The van der Waals surface area contributed by atoms with Crippen molar-refractivity contribution in [3.8, 4) is 0 Å². The number of nitrogens with zero attached hydrogens (tertiary/aromatic N) is 3. The number of nitro groups is 1. The maximum Gasteiger partial charge on any atom is 0.272 e. The summed E-state index contributed by atoms with van der Waals surface area (Å²) in [5, 5.41) is 10.8. The molecule has 1 heterocycles. The van der Waals surface area contributed by atoms with Crippen molar-refractivity contribution in [2.75, 3.05) is 12.0 Å². The maximum atomic E-state index is 13.5. The number of hydrogen-bond acceptors (Lipinski definition) is 5. The van der Waals surface area contributed by atoms with Crippen molar-refractivity contribution in [3.05, 3.63) is 74.8 Å². The predicted molar refractivity (Wildman–Crippen MR) is 111 cm³/mol. The van der Waals surface area contributed by atoms with Crippen LogP contribution in [-0.4, -0.2) is 27.4 Å². The minimum atomic E-state index is -0.492. The zero-order chi connectivity index (χ0) is 20.1. The number of benzene rings is 2. The Morgan fingerprint density at radius 1 is 1.36 bits per heavy atom. The van der Waals surface area contributed by atoms with Gasteiger partial charge in [-0.3, -0.25) is 14.9 Å². The van der Waals surface area contributed by atoms with Gasteiger partial charge in [0.1, 0.15) is 5.82 Å². The third-order valence-electron chi connectivity index (χ3n) is 3.87. The third-order valence-corrected chi connectivity index (χ3v) is 5.50. The molecule has 1 aromatic heterocycles. The van der Waals surface area contributed by atoms with Crippen LogP contribution >= 0.6 is 23.1 Å². The van der Waals surface area contributed by atoms with Crippen LogP contribution in [0.25, 0.3) is 16.3 Å². The summed E-state index contributed by atoms with van der Waals surface area (Å²) in [6, 6.07) is 10.5. The summed E-state index contributed by atoms with van der Waals surface area (Å²) in [7, 11) is 0. The number of amides is 1. The molecular formula is C19H16FN3O3S2. The first-order valence-corrected chi connectivity index (χ1v) is 10.5. The van der Waals surface area contributed by atoms with Crippen molar-refractivity contribution >= 4 is 51.0 Å². The van der Waals surface area contributed by atoms with Crippen LogP contribution in [0.1, 0.15) is 5.56 Å². The van der Waals surface area contributed by atoms with Gasteiger partial charge in [-0.15, -0.1) is 0 Å². The Morgan fingerprint density at radius 3 is 2.93 bits per heavy atom. The maximum absolute atomic E-state index is 13.5. The quantitative estimate of drug-likeness (QED) is 0.341. The number of rotatable bonds is 6. The molecule has 2 aromatic carbocycles. The van der Waals surface area contributed by atoms with E-state index in [4.69, 9.17) is 0 Å². The average Bonchev–Trinajstić information content (AvgIpc) is 3.00. The van der Waals surface area contributed by atoms with Gasteiger partial charge in [0.2, 0.25) is 0 Å². The fraction of sp³-hybridized carbons (Fsp3) is 0.158. The number of hydrogen-bond donors (Lipinski definition) is 0. The number of carbonyl (C=O) groups is 1. The first-order chi connectivity index (χ1) is 13.5. The van der Waals surface area contributed by atoms with Crippen molar-refractivity contribution < 1.29 is 14.1 Å². The van der Waals surface area contributed by atoms with Crippen molar-refractivity contribution in [1.29, 1.82) is 0 Å². The molecule has 3 rings (SSSR count). The molecule has 0 aliphatic rings. The van der Waals surface area contributed by atoms with Crippen LogP contribution in [0.5, 0.6) is 0 Å². The van der Waals surface area contributed by atoms with Crippen molar-refractivity contribution in [2.45, 2.75) is 6.54 Å². The Balaban J connectivity index is 1.93. The van der Waals surface area contributed by atoms with E-state index in [0.717, 1.165) is 16.0 Å². The number of non-ortho nitro benzene ring substituents is 1. The van der Waals surface area contributed by atoms with Crippen molar-refractivity contribution in [3.63, 3.8) is 0 Å². The number of nitro benzene ring substituents is 1. The van der Waals surface area contributed by atoms with Crippen LogP contribution in [0, 0.1) is 15.9 Å². The monoisotopic (exact) mass is 417 g/mol. The molecule has 0 saturated heterocycles. The SMILES string of the molecule is CSCCn1c(=NC(=O)C=Cc2cccc([N+](=O)[O-])c2)sc2cc(F)ccc21. The van der Waals surface area contributed by atoms with Crippen molar-refractivity contribution in [2.24, 2.45) is 4.99 Å². The molecule has 28 heavy (non-hydrogen) atoms. The van der Waals surface area contributed by atoms with Crippen LogP contribution in [-0.2, 0) is 11.3 Å². The fourth-order valence-electron chi connectivity index (χ4n) is 2.57. The van der Waals surface area contributed by atoms with E-state index in [2.05, 4.69) is 4.99 Å². The highest BCUT2D eigenvalue weighted by atomic mass is 32.2. The molecule has 0 fully saturated rings. The van der Waals surface area contributed by atoms with Gasteiger partial charge in [-0.1, -0.05) is 23.5 Å². The van der Waals surface area contributed by atoms with E-state index in [0.29, 0.717) is 16.9 Å². The van der Waals surface area contributed by atoms with E-state index in [1.807, 2.05) is 10.8 Å². The van der Waals surface area contributed by atoms with Crippen LogP contribution < -0.4 is 4.80 Å². The molecule has 0 N–H and O–H groups in total. The molecule has 6 nitrogen and oxygen atoms in total. The van der Waals surface area contributed by atoms with E-state index >= 15 is 0 Å². The largest absolute Gasteiger partial charge is 0.316 e. The lowest BCUT2D eigenvalue weighted by molar-refractivity contribution is -0.384. The number of aromatic nitrogens is 1. The lowest BCUT2D eigenvalue weighted by Crippen LogP contribution is -2.17. The fourth-order valence-corrected chi connectivity index (χ4v) is 4.02. The molecule has 0 atom stereocenters. The van der Waals surface area contributed by atoms with Gasteiger partial charge in [-0.2, -0.15) is 16.8 Å². The van der Waals surface area contributed by atoms with Gasteiger partial charge < -0.3 is 4.57 Å². The summed E-state index contributed by atoms with van der Waals surface area (Å²) >= 11 is 2.91. The zero-order valence-corrected chi connectivity index (χ0v) is 16.5. The molecule has 0 aliphatic heterocycles. The van der Waals surface area contributed by atoms with Gasteiger partial charge in [-0.25, -0.2) is 4.39 Å².